The van der Waals surface area contributed by atoms with E-state index in [2.05, 4.69) is 17.5 Å². The van der Waals surface area contributed by atoms with Gasteiger partial charge in [0.2, 0.25) is 6.04 Å². The third kappa shape index (κ3) is 3.47. The van der Waals surface area contributed by atoms with Gasteiger partial charge in [0.05, 0.1) is 24.1 Å². The Kier molecular flexibility index (Phi) is 6.30. The summed E-state index contributed by atoms with van der Waals surface area (Å²) in [5, 5.41) is 23.6. The summed E-state index contributed by atoms with van der Waals surface area (Å²) in [4.78, 5) is 13.3. The van der Waals surface area contributed by atoms with Crippen molar-refractivity contribution >= 4 is 5.91 Å². The molecular formula is C24H19BrN4O. The first kappa shape index (κ1) is 21.2. The number of carbonyl (C=O) groups is 1. The lowest BCUT2D eigenvalue weighted by Crippen LogP contribution is -3.00. The number of piperidine rings is 1. The summed E-state index contributed by atoms with van der Waals surface area (Å²) < 4.78 is 1.78. The standard InChI is InChI=1S/C24H18N4O.BrH/c25-16-24(17-26)20(18-10-4-1-5-11-18)21(28-14-8-3-9-15-28)23(29)27-22(24)19-12-6-2-7-13-19;/h1-15,20-22H;1H. The van der Waals surface area contributed by atoms with Gasteiger partial charge in [0, 0.05) is 12.1 Å². The average Bonchev–Trinajstić information content (AvgIpc) is 2.80. The van der Waals surface area contributed by atoms with E-state index in [1.54, 1.807) is 17.0 Å². The number of rotatable bonds is 3. The van der Waals surface area contributed by atoms with Crippen molar-refractivity contribution in [1.82, 2.24) is 5.32 Å². The fraction of sp³-hybridized carbons (Fsp3) is 0.167. The molecule has 6 heteroatoms. The molecule has 1 aliphatic rings. The predicted molar refractivity (Wildman–Crippen MR) is 106 cm³/mol. The molecular weight excluding hydrogens is 440 g/mol. The van der Waals surface area contributed by atoms with E-state index in [4.69, 9.17) is 0 Å². The number of pyridine rings is 1. The minimum atomic E-state index is -1.48. The Morgan fingerprint density at radius 2 is 1.30 bits per heavy atom. The molecule has 1 aliphatic heterocycles. The number of nitrogens with one attached hydrogen (secondary N) is 1. The van der Waals surface area contributed by atoms with Gasteiger partial charge in [-0.15, -0.1) is 0 Å². The van der Waals surface area contributed by atoms with Crippen LogP contribution in [0.25, 0.3) is 0 Å². The van der Waals surface area contributed by atoms with Gasteiger partial charge in [0.25, 0.3) is 5.91 Å². The zero-order chi connectivity index (χ0) is 20.3. The first-order valence-corrected chi connectivity index (χ1v) is 9.40. The van der Waals surface area contributed by atoms with E-state index < -0.39 is 23.4 Å². The number of hydrogen-bond donors (Lipinski definition) is 1. The van der Waals surface area contributed by atoms with Crippen molar-refractivity contribution in [3.8, 4) is 12.1 Å². The maximum absolute atomic E-state index is 13.3. The van der Waals surface area contributed by atoms with Crippen molar-refractivity contribution < 1.29 is 26.3 Å². The van der Waals surface area contributed by atoms with Crippen molar-refractivity contribution in [3.05, 3.63) is 102 Å². The van der Waals surface area contributed by atoms with E-state index in [0.717, 1.165) is 11.1 Å². The third-order valence-corrected chi connectivity index (χ3v) is 5.54. The number of nitrogens with zero attached hydrogens (tertiary/aromatic N) is 3. The largest absolute Gasteiger partial charge is 1.00 e. The first-order chi connectivity index (χ1) is 14.2. The number of benzene rings is 2. The lowest BCUT2D eigenvalue weighted by atomic mass is 9.62. The second-order valence-electron chi connectivity index (χ2n) is 7.10. The molecule has 3 aromatic rings. The Morgan fingerprint density at radius 3 is 1.83 bits per heavy atom. The quantitative estimate of drug-likeness (QED) is 0.569. The van der Waals surface area contributed by atoms with Crippen molar-refractivity contribution in [1.29, 1.82) is 10.5 Å². The third-order valence-electron chi connectivity index (χ3n) is 5.54. The van der Waals surface area contributed by atoms with E-state index in [9.17, 15) is 15.3 Å². The molecule has 1 saturated heterocycles. The zero-order valence-electron chi connectivity index (χ0n) is 16.0. The van der Waals surface area contributed by atoms with Gasteiger partial charge in [-0.3, -0.25) is 4.79 Å². The van der Waals surface area contributed by atoms with Gasteiger partial charge in [-0.05, 0) is 11.1 Å². The number of nitriles is 2. The summed E-state index contributed by atoms with van der Waals surface area (Å²) in [7, 11) is 0. The Morgan fingerprint density at radius 1 is 0.800 bits per heavy atom. The van der Waals surface area contributed by atoms with Gasteiger partial charge in [0.1, 0.15) is 0 Å². The van der Waals surface area contributed by atoms with E-state index >= 15 is 0 Å². The summed E-state index contributed by atoms with van der Waals surface area (Å²) in [6, 6.07) is 27.3. The number of halogens is 1. The summed E-state index contributed by atoms with van der Waals surface area (Å²) in [6.45, 7) is 0. The van der Waals surface area contributed by atoms with Crippen molar-refractivity contribution in [2.45, 2.75) is 18.0 Å². The van der Waals surface area contributed by atoms with Crippen LogP contribution in [0.1, 0.15) is 29.1 Å². The Hall–Kier alpha value is -3.48. The Bertz CT molecular complexity index is 1080. The van der Waals surface area contributed by atoms with Crippen molar-refractivity contribution in [2.75, 3.05) is 0 Å². The summed E-state index contributed by atoms with van der Waals surface area (Å²) >= 11 is 0. The SMILES string of the molecule is N#CC1(C#N)C(c2ccccc2)NC(=O)C([n+]2ccccc2)C1c1ccccc1.[Br-]. The molecule has 4 rings (SSSR count). The van der Waals surface area contributed by atoms with Gasteiger partial charge in [-0.25, -0.2) is 0 Å². The van der Waals surface area contributed by atoms with Crippen LogP contribution in [0.2, 0.25) is 0 Å². The fourth-order valence-corrected chi connectivity index (χ4v) is 4.22. The highest BCUT2D eigenvalue weighted by Crippen LogP contribution is 2.52. The molecule has 3 unspecified atom stereocenters. The molecule has 0 spiro atoms. The molecule has 0 aliphatic carbocycles. The maximum Gasteiger partial charge on any atom is 0.290 e. The van der Waals surface area contributed by atoms with Crippen molar-refractivity contribution in [2.24, 2.45) is 5.41 Å². The zero-order valence-corrected chi connectivity index (χ0v) is 17.6. The summed E-state index contributed by atoms with van der Waals surface area (Å²) in [6.07, 6.45) is 3.59. The van der Waals surface area contributed by atoms with E-state index in [0.29, 0.717) is 0 Å². The topological polar surface area (TPSA) is 80.6 Å². The maximum atomic E-state index is 13.3. The van der Waals surface area contributed by atoms with Crippen LogP contribution in [0.5, 0.6) is 0 Å². The second-order valence-corrected chi connectivity index (χ2v) is 7.10. The fourth-order valence-electron chi connectivity index (χ4n) is 4.22. The highest BCUT2D eigenvalue weighted by molar-refractivity contribution is 5.82. The molecule has 1 amide bonds. The Labute approximate surface area is 186 Å². The lowest BCUT2D eigenvalue weighted by Gasteiger charge is -2.42. The minimum absolute atomic E-state index is 0. The van der Waals surface area contributed by atoms with Gasteiger partial charge >= 0.3 is 0 Å². The second kappa shape index (κ2) is 8.90. The highest BCUT2D eigenvalue weighted by atomic mass is 79.9. The van der Waals surface area contributed by atoms with Crippen LogP contribution in [0.4, 0.5) is 0 Å². The average molecular weight is 459 g/mol. The van der Waals surface area contributed by atoms with E-state index in [1.165, 1.54) is 0 Å². The lowest BCUT2D eigenvalue weighted by molar-refractivity contribution is -0.714. The van der Waals surface area contributed by atoms with Crippen LogP contribution in [0.3, 0.4) is 0 Å². The summed E-state index contributed by atoms with van der Waals surface area (Å²) in [5.41, 5.74) is 0.0403. The van der Waals surface area contributed by atoms with Crippen LogP contribution in [-0.2, 0) is 4.79 Å². The number of hydrogen-bond acceptors (Lipinski definition) is 3. The van der Waals surface area contributed by atoms with E-state index in [1.807, 2.05) is 78.9 Å². The molecule has 0 radical (unpaired) electrons. The number of carbonyl (C=O) groups excluding carboxylic acids is 1. The van der Waals surface area contributed by atoms with Gasteiger partial charge < -0.3 is 22.3 Å². The smallest absolute Gasteiger partial charge is 0.290 e. The molecule has 2 heterocycles. The van der Waals surface area contributed by atoms with Crippen LogP contribution in [0, 0.1) is 28.1 Å². The highest BCUT2D eigenvalue weighted by Gasteiger charge is 2.61. The van der Waals surface area contributed by atoms with Crippen LogP contribution < -0.4 is 26.9 Å². The monoisotopic (exact) mass is 458 g/mol. The molecule has 30 heavy (non-hydrogen) atoms. The molecule has 2 aromatic carbocycles. The van der Waals surface area contributed by atoms with Crippen molar-refractivity contribution in [3.63, 3.8) is 0 Å². The van der Waals surface area contributed by atoms with Gasteiger partial charge in [-0.1, -0.05) is 66.7 Å². The van der Waals surface area contributed by atoms with Gasteiger partial charge in [0.15, 0.2) is 17.8 Å². The van der Waals surface area contributed by atoms with Crippen LogP contribution in [-0.4, -0.2) is 5.91 Å². The minimum Gasteiger partial charge on any atom is -1.00 e. The number of amides is 1. The molecule has 3 atom stereocenters. The van der Waals surface area contributed by atoms with Crippen LogP contribution in [0.15, 0.2) is 91.3 Å². The summed E-state index contributed by atoms with van der Waals surface area (Å²) in [5.74, 6) is -0.866. The molecule has 0 saturated carbocycles. The van der Waals surface area contributed by atoms with Gasteiger partial charge in [-0.2, -0.15) is 15.1 Å². The number of aromatic nitrogens is 1. The molecule has 1 N–H and O–H groups in total. The van der Waals surface area contributed by atoms with Crippen LogP contribution >= 0.6 is 0 Å². The van der Waals surface area contributed by atoms with E-state index in [-0.39, 0.29) is 22.9 Å². The normalized spacial score (nSPS) is 21.9. The predicted octanol–water partition coefficient (Wildman–Crippen LogP) is 0.208. The molecule has 5 nitrogen and oxygen atoms in total. The molecule has 1 fully saturated rings. The Balaban J connectivity index is 0.00000256. The molecule has 1 aromatic heterocycles. The first-order valence-electron chi connectivity index (χ1n) is 9.40. The molecule has 148 valence electrons. The molecule has 0 bridgehead atoms.